The van der Waals surface area contributed by atoms with Crippen LogP contribution in [0, 0.1) is 0 Å². The number of sulfonamides is 1. The van der Waals surface area contributed by atoms with Crippen molar-refractivity contribution in [3.8, 4) is 0 Å². The molecule has 1 aliphatic rings. The van der Waals surface area contributed by atoms with Gasteiger partial charge in [0.05, 0.1) is 18.0 Å². The summed E-state index contributed by atoms with van der Waals surface area (Å²) in [6.07, 6.45) is -2.80. The van der Waals surface area contributed by atoms with Gasteiger partial charge in [0, 0.05) is 12.2 Å². The topological polar surface area (TPSA) is 66.9 Å². The van der Waals surface area contributed by atoms with Crippen LogP contribution in [0.2, 0.25) is 0 Å². The van der Waals surface area contributed by atoms with E-state index < -0.39 is 29.1 Å². The van der Waals surface area contributed by atoms with Gasteiger partial charge in [0.15, 0.2) is 0 Å². The lowest BCUT2D eigenvalue weighted by Crippen LogP contribution is -2.35. The first-order valence-electron chi connectivity index (χ1n) is 7.19. The van der Waals surface area contributed by atoms with E-state index in [0.29, 0.717) is 18.7 Å². The molecule has 0 radical (unpaired) electrons. The molecule has 1 saturated heterocycles. The van der Waals surface area contributed by atoms with Crippen molar-refractivity contribution in [3.63, 3.8) is 0 Å². The van der Waals surface area contributed by atoms with Crippen LogP contribution in [0.3, 0.4) is 0 Å². The van der Waals surface area contributed by atoms with Crippen molar-refractivity contribution < 1.29 is 26.7 Å². The summed E-state index contributed by atoms with van der Waals surface area (Å²) in [4.78, 5) is 12.8. The van der Waals surface area contributed by atoms with Crippen LogP contribution in [0.1, 0.15) is 13.3 Å². The minimum Gasteiger partial charge on any atom is -0.447 e. The standard InChI is InChI=1S/C14H18F2N2O4S/c1-2-7-17(10-13(15)16)23(20,21)12-5-3-11(4-6-12)18-8-9-22-14(18)19/h3-6,13H,2,7-10H2,1H3. The fraction of sp³-hybridized carbons (Fsp3) is 0.500. The first kappa shape index (κ1) is 17.6. The van der Waals surface area contributed by atoms with Crippen molar-refractivity contribution in [3.05, 3.63) is 24.3 Å². The summed E-state index contributed by atoms with van der Waals surface area (Å²) in [7, 11) is -3.99. The highest BCUT2D eigenvalue weighted by molar-refractivity contribution is 7.89. The monoisotopic (exact) mass is 348 g/mol. The van der Waals surface area contributed by atoms with Crippen molar-refractivity contribution in [2.75, 3.05) is 31.1 Å². The Morgan fingerprint density at radius 3 is 2.43 bits per heavy atom. The van der Waals surface area contributed by atoms with E-state index in [1.165, 1.54) is 29.2 Å². The number of amides is 1. The molecule has 0 aliphatic carbocycles. The van der Waals surface area contributed by atoms with E-state index in [-0.39, 0.29) is 18.0 Å². The number of alkyl halides is 2. The Bertz CT molecular complexity index is 649. The van der Waals surface area contributed by atoms with Crippen LogP contribution >= 0.6 is 0 Å². The van der Waals surface area contributed by atoms with Crippen LogP contribution in [0.4, 0.5) is 19.3 Å². The van der Waals surface area contributed by atoms with E-state index in [1.54, 1.807) is 6.92 Å². The third-order valence-corrected chi connectivity index (χ3v) is 5.24. The van der Waals surface area contributed by atoms with Gasteiger partial charge in [-0.1, -0.05) is 6.92 Å². The summed E-state index contributed by atoms with van der Waals surface area (Å²) in [5.41, 5.74) is 0.502. The molecule has 0 aromatic heterocycles. The highest BCUT2D eigenvalue weighted by Gasteiger charge is 2.28. The van der Waals surface area contributed by atoms with Crippen molar-refractivity contribution in [1.29, 1.82) is 0 Å². The number of rotatable bonds is 7. The van der Waals surface area contributed by atoms with Crippen LogP contribution in [0.15, 0.2) is 29.2 Å². The molecule has 2 rings (SSSR count). The summed E-state index contributed by atoms with van der Waals surface area (Å²) in [6.45, 7) is 1.56. The Morgan fingerprint density at radius 2 is 1.96 bits per heavy atom. The normalized spacial score (nSPS) is 15.5. The largest absolute Gasteiger partial charge is 0.447 e. The summed E-state index contributed by atoms with van der Waals surface area (Å²) in [5.74, 6) is 0. The Balaban J connectivity index is 2.23. The quantitative estimate of drug-likeness (QED) is 0.758. The number of anilines is 1. The van der Waals surface area contributed by atoms with Crippen LogP contribution < -0.4 is 4.90 Å². The third kappa shape index (κ3) is 3.97. The lowest BCUT2D eigenvalue weighted by molar-refractivity contribution is 0.119. The molecule has 1 aromatic carbocycles. The van der Waals surface area contributed by atoms with Crippen LogP contribution in [0.25, 0.3) is 0 Å². The van der Waals surface area contributed by atoms with E-state index in [4.69, 9.17) is 4.74 Å². The molecular weight excluding hydrogens is 330 g/mol. The smallest absolute Gasteiger partial charge is 0.414 e. The van der Waals surface area contributed by atoms with Gasteiger partial charge in [0.1, 0.15) is 6.61 Å². The minimum atomic E-state index is -3.99. The highest BCUT2D eigenvalue weighted by atomic mass is 32.2. The van der Waals surface area contributed by atoms with Gasteiger partial charge in [-0.3, -0.25) is 4.90 Å². The van der Waals surface area contributed by atoms with Gasteiger partial charge >= 0.3 is 6.09 Å². The number of carbonyl (C=O) groups excluding carboxylic acids is 1. The molecule has 0 unspecified atom stereocenters. The summed E-state index contributed by atoms with van der Waals surface area (Å²) in [6, 6.07) is 5.55. The van der Waals surface area contributed by atoms with Crippen LogP contribution in [0.5, 0.6) is 0 Å². The molecule has 23 heavy (non-hydrogen) atoms. The second-order valence-corrected chi connectivity index (χ2v) is 6.95. The zero-order valence-electron chi connectivity index (χ0n) is 12.6. The molecule has 0 bridgehead atoms. The number of benzene rings is 1. The van der Waals surface area contributed by atoms with Crippen LogP contribution in [-0.2, 0) is 14.8 Å². The average molecular weight is 348 g/mol. The summed E-state index contributed by atoms with van der Waals surface area (Å²) >= 11 is 0. The predicted molar refractivity (Wildman–Crippen MR) is 80.2 cm³/mol. The Kier molecular flexibility index (Phi) is 5.53. The molecule has 1 amide bonds. The van der Waals surface area contributed by atoms with Gasteiger partial charge in [0.2, 0.25) is 10.0 Å². The minimum absolute atomic E-state index is 0.0207. The number of carbonyl (C=O) groups is 1. The van der Waals surface area contributed by atoms with Gasteiger partial charge in [-0.2, -0.15) is 4.31 Å². The number of halogens is 2. The van der Waals surface area contributed by atoms with E-state index in [2.05, 4.69) is 0 Å². The first-order chi connectivity index (χ1) is 10.9. The molecule has 1 aromatic rings. The number of cyclic esters (lactones) is 1. The maximum absolute atomic E-state index is 12.6. The zero-order chi connectivity index (χ0) is 17.0. The fourth-order valence-corrected chi connectivity index (χ4v) is 3.80. The Morgan fingerprint density at radius 1 is 1.30 bits per heavy atom. The molecule has 0 N–H and O–H groups in total. The lowest BCUT2D eigenvalue weighted by atomic mass is 10.3. The summed E-state index contributed by atoms with van der Waals surface area (Å²) < 4.78 is 55.7. The average Bonchev–Trinajstić information content (AvgIpc) is 2.92. The molecule has 0 atom stereocenters. The Hall–Kier alpha value is -1.74. The van der Waals surface area contributed by atoms with Crippen molar-refractivity contribution in [2.45, 2.75) is 24.7 Å². The van der Waals surface area contributed by atoms with Crippen molar-refractivity contribution in [2.24, 2.45) is 0 Å². The SMILES string of the molecule is CCCN(CC(F)F)S(=O)(=O)c1ccc(N2CCOC2=O)cc1. The molecule has 1 aliphatic heterocycles. The van der Waals surface area contributed by atoms with Crippen molar-refractivity contribution in [1.82, 2.24) is 4.31 Å². The number of hydrogen-bond donors (Lipinski definition) is 0. The van der Waals surface area contributed by atoms with E-state index >= 15 is 0 Å². The molecule has 1 heterocycles. The molecule has 0 saturated carbocycles. The second-order valence-electron chi connectivity index (χ2n) is 5.01. The van der Waals surface area contributed by atoms with E-state index in [9.17, 15) is 22.0 Å². The third-order valence-electron chi connectivity index (χ3n) is 3.36. The van der Waals surface area contributed by atoms with Gasteiger partial charge in [-0.05, 0) is 30.7 Å². The molecule has 128 valence electrons. The zero-order valence-corrected chi connectivity index (χ0v) is 13.4. The molecule has 6 nitrogen and oxygen atoms in total. The molecule has 9 heteroatoms. The molecule has 1 fully saturated rings. The van der Waals surface area contributed by atoms with Gasteiger partial charge < -0.3 is 4.74 Å². The summed E-state index contributed by atoms with van der Waals surface area (Å²) in [5, 5.41) is 0. The Labute approximate surface area is 133 Å². The maximum atomic E-state index is 12.6. The second kappa shape index (κ2) is 7.22. The molecule has 0 spiro atoms. The van der Waals surface area contributed by atoms with Gasteiger partial charge in [0.25, 0.3) is 6.43 Å². The van der Waals surface area contributed by atoms with Crippen LogP contribution in [-0.4, -0.2) is 51.5 Å². The number of nitrogens with zero attached hydrogens (tertiary/aromatic N) is 2. The number of ether oxygens (including phenoxy) is 1. The first-order valence-corrected chi connectivity index (χ1v) is 8.63. The predicted octanol–water partition coefficient (Wildman–Crippen LogP) is 2.31. The van der Waals surface area contributed by atoms with Gasteiger partial charge in [-0.15, -0.1) is 0 Å². The van der Waals surface area contributed by atoms with Gasteiger partial charge in [-0.25, -0.2) is 22.0 Å². The maximum Gasteiger partial charge on any atom is 0.414 e. The fourth-order valence-electron chi connectivity index (χ4n) is 2.29. The van der Waals surface area contributed by atoms with E-state index in [1.807, 2.05) is 0 Å². The lowest BCUT2D eigenvalue weighted by Gasteiger charge is -2.21. The van der Waals surface area contributed by atoms with Crippen molar-refractivity contribution >= 4 is 21.8 Å². The highest BCUT2D eigenvalue weighted by Crippen LogP contribution is 2.23. The molecular formula is C14H18F2N2O4S. The van der Waals surface area contributed by atoms with E-state index in [0.717, 1.165) is 4.31 Å². The number of hydrogen-bond acceptors (Lipinski definition) is 4.